The number of methoxy groups -OCH3 is 1. The van der Waals surface area contributed by atoms with Crippen LogP contribution in [0.15, 0.2) is 36.4 Å². The van der Waals surface area contributed by atoms with Gasteiger partial charge in [0.2, 0.25) is 0 Å². The summed E-state index contributed by atoms with van der Waals surface area (Å²) in [5, 5.41) is 2.13. The van der Waals surface area contributed by atoms with E-state index in [4.69, 9.17) is 18.9 Å². The van der Waals surface area contributed by atoms with Gasteiger partial charge >= 0.3 is 5.97 Å². The largest absolute Gasteiger partial charge is 0.497 e. The van der Waals surface area contributed by atoms with Crippen molar-refractivity contribution in [3.05, 3.63) is 42.0 Å². The second-order valence-electron chi connectivity index (χ2n) is 5.81. The first-order valence-electron chi connectivity index (χ1n) is 8.66. The molecule has 0 saturated heterocycles. The molecular weight excluding hydrogens is 352 g/mol. The molecule has 1 atom stereocenters. The van der Waals surface area contributed by atoms with Crippen molar-refractivity contribution in [1.82, 2.24) is 0 Å². The number of esters is 1. The number of thiol groups is 1. The van der Waals surface area contributed by atoms with E-state index >= 15 is 0 Å². The van der Waals surface area contributed by atoms with Crippen LogP contribution in [-0.4, -0.2) is 51.9 Å². The molecule has 2 aromatic carbocycles. The number of fused-ring (bicyclic) bond motifs is 1. The second kappa shape index (κ2) is 11.1. The fraction of sp³-hybridized carbons (Fsp3) is 0.450. The van der Waals surface area contributed by atoms with E-state index in [1.165, 1.54) is 0 Å². The third-order valence-corrected chi connectivity index (χ3v) is 4.19. The molecule has 6 heteroatoms. The summed E-state index contributed by atoms with van der Waals surface area (Å²) in [4.78, 5) is 12.2. The second-order valence-corrected chi connectivity index (χ2v) is 6.26. The van der Waals surface area contributed by atoms with Gasteiger partial charge in [-0.15, -0.1) is 0 Å². The molecule has 5 nitrogen and oxygen atoms in total. The molecule has 0 heterocycles. The van der Waals surface area contributed by atoms with Crippen LogP contribution in [0.2, 0.25) is 0 Å². The predicted octanol–water partition coefficient (Wildman–Crippen LogP) is 3.46. The molecule has 0 aromatic heterocycles. The lowest BCUT2D eigenvalue weighted by molar-refractivity contribution is -0.146. The lowest BCUT2D eigenvalue weighted by Gasteiger charge is -2.13. The van der Waals surface area contributed by atoms with Gasteiger partial charge in [-0.3, -0.25) is 4.79 Å². The fourth-order valence-corrected chi connectivity index (χ4v) is 2.62. The van der Waals surface area contributed by atoms with E-state index in [2.05, 4.69) is 12.6 Å². The van der Waals surface area contributed by atoms with Crippen LogP contribution in [0, 0.1) is 0 Å². The highest BCUT2D eigenvalue weighted by atomic mass is 32.1. The van der Waals surface area contributed by atoms with Gasteiger partial charge in [-0.25, -0.2) is 0 Å². The average molecular weight is 378 g/mol. The number of rotatable bonds is 11. The van der Waals surface area contributed by atoms with Gasteiger partial charge in [-0.05, 0) is 35.4 Å². The van der Waals surface area contributed by atoms with Crippen molar-refractivity contribution >= 4 is 29.4 Å². The summed E-state index contributed by atoms with van der Waals surface area (Å²) >= 11 is 4.05. The van der Waals surface area contributed by atoms with Crippen molar-refractivity contribution in [3.8, 4) is 5.75 Å². The minimum absolute atomic E-state index is 0.237. The minimum atomic E-state index is -0.333. The van der Waals surface area contributed by atoms with Crippen LogP contribution in [0.3, 0.4) is 0 Å². The smallest absolute Gasteiger partial charge is 0.313 e. The van der Waals surface area contributed by atoms with Gasteiger partial charge in [0.05, 0.1) is 39.5 Å². The van der Waals surface area contributed by atoms with E-state index in [-0.39, 0.29) is 18.5 Å². The molecule has 2 aromatic rings. The third-order valence-electron chi connectivity index (χ3n) is 4.00. The molecule has 0 amide bonds. The topological polar surface area (TPSA) is 54.0 Å². The Morgan fingerprint density at radius 3 is 2.35 bits per heavy atom. The Labute approximate surface area is 160 Å². The van der Waals surface area contributed by atoms with E-state index < -0.39 is 0 Å². The summed E-state index contributed by atoms with van der Waals surface area (Å²) in [6.45, 7) is 4.05. The molecule has 0 N–H and O–H groups in total. The number of benzene rings is 2. The summed E-state index contributed by atoms with van der Waals surface area (Å²) in [5.74, 6) is 0.916. The fourth-order valence-electron chi connectivity index (χ4n) is 2.49. The Bertz CT molecular complexity index is 704. The number of carbonyl (C=O) groups excluding carboxylic acids is 1. The monoisotopic (exact) mass is 378 g/mol. The highest BCUT2D eigenvalue weighted by molar-refractivity contribution is 7.80. The molecular formula is C20H26O5S. The van der Waals surface area contributed by atoms with Crippen molar-refractivity contribution in [1.29, 1.82) is 0 Å². The standard InChI is InChI=1S/C20H26O5S/c1-15(20(21)25-10-9-23-7-8-24-11-12-26)16-3-4-18-14-19(22-2)6-5-17(18)13-16/h3-6,13-15,26H,7-12H2,1-2H3/t15-/m0/s1. The zero-order chi connectivity index (χ0) is 18.8. The number of hydrogen-bond acceptors (Lipinski definition) is 6. The summed E-state index contributed by atoms with van der Waals surface area (Å²) < 4.78 is 21.1. The lowest BCUT2D eigenvalue weighted by Crippen LogP contribution is -2.17. The van der Waals surface area contributed by atoms with Crippen LogP contribution < -0.4 is 4.74 Å². The van der Waals surface area contributed by atoms with Gasteiger partial charge in [0.25, 0.3) is 0 Å². The van der Waals surface area contributed by atoms with Gasteiger partial charge in [-0.2, -0.15) is 12.6 Å². The minimum Gasteiger partial charge on any atom is -0.497 e. The zero-order valence-corrected chi connectivity index (χ0v) is 16.2. The molecule has 0 spiro atoms. The molecule has 26 heavy (non-hydrogen) atoms. The molecule has 0 aliphatic rings. The molecule has 0 aliphatic heterocycles. The molecule has 0 bridgehead atoms. The SMILES string of the molecule is COc1ccc2cc([C@H](C)C(=O)OCCOCCOCCS)ccc2c1. The van der Waals surface area contributed by atoms with Crippen molar-refractivity contribution in [3.63, 3.8) is 0 Å². The van der Waals surface area contributed by atoms with Crippen LogP contribution >= 0.6 is 12.6 Å². The highest BCUT2D eigenvalue weighted by Crippen LogP contribution is 2.25. The van der Waals surface area contributed by atoms with Crippen molar-refractivity contribution in [2.45, 2.75) is 12.8 Å². The average Bonchev–Trinajstić information content (AvgIpc) is 2.68. The first kappa shape index (κ1) is 20.6. The van der Waals surface area contributed by atoms with Crippen LogP contribution in [0.5, 0.6) is 5.75 Å². The predicted molar refractivity (Wildman–Crippen MR) is 105 cm³/mol. The van der Waals surface area contributed by atoms with Gasteiger partial charge in [0, 0.05) is 5.75 Å². The van der Waals surface area contributed by atoms with E-state index in [9.17, 15) is 4.79 Å². The van der Waals surface area contributed by atoms with Crippen molar-refractivity contribution < 1.29 is 23.7 Å². The van der Waals surface area contributed by atoms with Crippen molar-refractivity contribution in [2.75, 3.05) is 45.9 Å². The molecule has 0 aliphatic carbocycles. The number of ether oxygens (including phenoxy) is 4. The maximum Gasteiger partial charge on any atom is 0.313 e. The van der Waals surface area contributed by atoms with Gasteiger partial charge in [0.1, 0.15) is 12.4 Å². The Kier molecular flexibility index (Phi) is 8.74. The maximum absolute atomic E-state index is 12.2. The molecule has 0 saturated carbocycles. The maximum atomic E-state index is 12.2. The molecule has 0 fully saturated rings. The van der Waals surface area contributed by atoms with E-state index in [1.807, 2.05) is 43.3 Å². The molecule has 0 radical (unpaired) electrons. The van der Waals surface area contributed by atoms with Crippen LogP contribution in [0.4, 0.5) is 0 Å². The Balaban J connectivity index is 1.79. The Morgan fingerprint density at radius 1 is 0.962 bits per heavy atom. The zero-order valence-electron chi connectivity index (χ0n) is 15.3. The van der Waals surface area contributed by atoms with E-state index in [0.29, 0.717) is 32.2 Å². The van der Waals surface area contributed by atoms with Gasteiger partial charge in [-0.1, -0.05) is 24.3 Å². The van der Waals surface area contributed by atoms with Gasteiger partial charge in [0.15, 0.2) is 0 Å². The highest BCUT2D eigenvalue weighted by Gasteiger charge is 2.17. The van der Waals surface area contributed by atoms with Crippen LogP contribution in [0.1, 0.15) is 18.4 Å². The van der Waals surface area contributed by atoms with Crippen LogP contribution in [0.25, 0.3) is 10.8 Å². The quantitative estimate of drug-likeness (QED) is 0.369. The summed E-state index contributed by atoms with van der Waals surface area (Å²) in [7, 11) is 1.65. The first-order valence-corrected chi connectivity index (χ1v) is 9.29. The molecule has 0 unspecified atom stereocenters. The Hall–Kier alpha value is -1.76. The molecule has 142 valence electrons. The number of hydrogen-bond donors (Lipinski definition) is 1. The number of carbonyl (C=O) groups is 1. The lowest BCUT2D eigenvalue weighted by atomic mass is 9.98. The van der Waals surface area contributed by atoms with Gasteiger partial charge < -0.3 is 18.9 Å². The molecule has 2 rings (SSSR count). The normalized spacial score (nSPS) is 12.1. The third kappa shape index (κ3) is 6.20. The summed E-state index contributed by atoms with van der Waals surface area (Å²) in [5.41, 5.74) is 0.925. The van der Waals surface area contributed by atoms with E-state index in [0.717, 1.165) is 22.1 Å². The summed E-state index contributed by atoms with van der Waals surface area (Å²) in [6, 6.07) is 11.8. The Morgan fingerprint density at radius 2 is 1.62 bits per heavy atom. The van der Waals surface area contributed by atoms with Crippen molar-refractivity contribution in [2.24, 2.45) is 0 Å². The summed E-state index contributed by atoms with van der Waals surface area (Å²) in [6.07, 6.45) is 0. The first-order chi connectivity index (χ1) is 12.7. The van der Waals surface area contributed by atoms with E-state index in [1.54, 1.807) is 7.11 Å². The van der Waals surface area contributed by atoms with Crippen LogP contribution in [-0.2, 0) is 19.0 Å².